The number of benzene rings is 1. The van der Waals surface area contributed by atoms with Gasteiger partial charge in [-0.1, -0.05) is 12.1 Å². The van der Waals surface area contributed by atoms with Crippen LogP contribution in [0.15, 0.2) is 36.4 Å². The first-order valence-corrected chi connectivity index (χ1v) is 8.06. The fourth-order valence-electron chi connectivity index (χ4n) is 2.88. The number of primary amides is 1. The summed E-state index contributed by atoms with van der Waals surface area (Å²) >= 11 is 0. The van der Waals surface area contributed by atoms with Gasteiger partial charge in [0, 0.05) is 24.8 Å². The SMILES string of the molecule is CCOc1ccc2c(n1)C(=O)C(C(N)=O)CN2Cc1ccc(N)cc1. The van der Waals surface area contributed by atoms with Crippen molar-refractivity contribution < 1.29 is 14.3 Å². The Labute approximate surface area is 145 Å². The Bertz CT molecular complexity index is 804. The molecule has 2 aromatic rings. The summed E-state index contributed by atoms with van der Waals surface area (Å²) in [5.41, 5.74) is 13.7. The summed E-state index contributed by atoms with van der Waals surface area (Å²) in [4.78, 5) is 30.5. The van der Waals surface area contributed by atoms with E-state index in [4.69, 9.17) is 16.2 Å². The Hall–Kier alpha value is -3.09. The number of fused-ring (bicyclic) bond motifs is 1. The zero-order valence-electron chi connectivity index (χ0n) is 13.9. The van der Waals surface area contributed by atoms with Gasteiger partial charge in [0.1, 0.15) is 11.6 Å². The molecule has 1 unspecified atom stereocenters. The van der Waals surface area contributed by atoms with Gasteiger partial charge in [0.15, 0.2) is 5.78 Å². The molecule has 1 aromatic heterocycles. The Morgan fingerprint density at radius 1 is 1.28 bits per heavy atom. The zero-order chi connectivity index (χ0) is 18.0. The van der Waals surface area contributed by atoms with E-state index in [-0.39, 0.29) is 18.0 Å². The van der Waals surface area contributed by atoms with Gasteiger partial charge in [0.2, 0.25) is 11.8 Å². The van der Waals surface area contributed by atoms with Crippen molar-refractivity contribution in [2.24, 2.45) is 11.7 Å². The molecule has 7 nitrogen and oxygen atoms in total. The molecule has 1 aromatic carbocycles. The first-order valence-electron chi connectivity index (χ1n) is 8.06. The molecule has 0 spiro atoms. The van der Waals surface area contributed by atoms with E-state index < -0.39 is 11.8 Å². The highest BCUT2D eigenvalue weighted by molar-refractivity contribution is 6.13. The standard InChI is InChI=1S/C18H20N4O3/c1-2-25-15-8-7-14-16(21-15)17(23)13(18(20)24)10-22(14)9-11-3-5-12(19)6-4-11/h3-8,13H,2,9-10,19H2,1H3,(H2,20,24). The van der Waals surface area contributed by atoms with Crippen LogP contribution in [-0.2, 0) is 11.3 Å². The van der Waals surface area contributed by atoms with Crippen molar-refractivity contribution in [2.75, 3.05) is 23.8 Å². The van der Waals surface area contributed by atoms with Gasteiger partial charge in [0.05, 0.1) is 12.3 Å². The van der Waals surface area contributed by atoms with Crippen LogP contribution in [0.3, 0.4) is 0 Å². The van der Waals surface area contributed by atoms with Crippen LogP contribution in [0.2, 0.25) is 0 Å². The number of ether oxygens (including phenoxy) is 1. The van der Waals surface area contributed by atoms with Crippen LogP contribution in [0.5, 0.6) is 5.88 Å². The van der Waals surface area contributed by atoms with Crippen molar-refractivity contribution in [3.63, 3.8) is 0 Å². The zero-order valence-corrected chi connectivity index (χ0v) is 13.9. The van der Waals surface area contributed by atoms with Crippen LogP contribution < -0.4 is 21.1 Å². The Kier molecular flexibility index (Phi) is 4.56. The summed E-state index contributed by atoms with van der Waals surface area (Å²) in [6, 6.07) is 11.0. The minimum Gasteiger partial charge on any atom is -0.478 e. The number of nitrogens with zero attached hydrogens (tertiary/aromatic N) is 2. The summed E-state index contributed by atoms with van der Waals surface area (Å²) in [7, 11) is 0. The predicted octanol–water partition coefficient (Wildman–Crippen LogP) is 1.37. The van der Waals surface area contributed by atoms with Gasteiger partial charge >= 0.3 is 0 Å². The minimum absolute atomic E-state index is 0.219. The minimum atomic E-state index is -0.925. The van der Waals surface area contributed by atoms with Crippen molar-refractivity contribution in [3.05, 3.63) is 47.7 Å². The topological polar surface area (TPSA) is 112 Å². The van der Waals surface area contributed by atoms with Gasteiger partial charge in [-0.3, -0.25) is 9.59 Å². The molecular weight excluding hydrogens is 320 g/mol. The maximum absolute atomic E-state index is 12.6. The molecule has 3 rings (SSSR count). The number of carbonyl (C=O) groups excluding carboxylic acids is 2. The van der Waals surface area contributed by atoms with Gasteiger partial charge in [-0.2, -0.15) is 0 Å². The summed E-state index contributed by atoms with van der Waals surface area (Å²) in [5.74, 6) is -1.59. The number of amides is 1. The lowest BCUT2D eigenvalue weighted by Gasteiger charge is -2.33. The fraction of sp³-hybridized carbons (Fsp3) is 0.278. The molecule has 1 atom stereocenters. The predicted molar refractivity (Wildman–Crippen MR) is 94.3 cm³/mol. The second-order valence-corrected chi connectivity index (χ2v) is 5.89. The van der Waals surface area contributed by atoms with Crippen LogP contribution in [0.1, 0.15) is 23.0 Å². The number of aromatic nitrogens is 1. The lowest BCUT2D eigenvalue weighted by atomic mass is 9.93. The van der Waals surface area contributed by atoms with Crippen molar-refractivity contribution in [3.8, 4) is 5.88 Å². The highest BCUT2D eigenvalue weighted by atomic mass is 16.5. The number of rotatable bonds is 5. The summed E-state index contributed by atoms with van der Waals surface area (Å²) in [6.45, 7) is 3.01. The van der Waals surface area contributed by atoms with E-state index in [0.29, 0.717) is 30.4 Å². The molecule has 0 saturated heterocycles. The molecule has 0 saturated carbocycles. The van der Waals surface area contributed by atoms with E-state index in [9.17, 15) is 9.59 Å². The second-order valence-electron chi connectivity index (χ2n) is 5.89. The number of Topliss-reactive ketones (excluding diaryl/α,β-unsaturated/α-hetero) is 1. The first-order chi connectivity index (χ1) is 12.0. The number of anilines is 2. The highest BCUT2D eigenvalue weighted by Gasteiger charge is 2.36. The van der Waals surface area contributed by atoms with Crippen LogP contribution >= 0.6 is 0 Å². The molecule has 0 radical (unpaired) electrons. The molecule has 0 aliphatic carbocycles. The Morgan fingerprint density at radius 3 is 2.64 bits per heavy atom. The molecule has 0 fully saturated rings. The summed E-state index contributed by atoms with van der Waals surface area (Å²) in [6.07, 6.45) is 0. The summed E-state index contributed by atoms with van der Waals surface area (Å²) in [5, 5.41) is 0. The van der Waals surface area contributed by atoms with Gasteiger partial charge in [-0.25, -0.2) is 4.98 Å². The number of pyridine rings is 1. The molecule has 7 heteroatoms. The lowest BCUT2D eigenvalue weighted by Crippen LogP contribution is -2.45. The van der Waals surface area contributed by atoms with Crippen molar-refractivity contribution in [1.29, 1.82) is 0 Å². The van der Waals surface area contributed by atoms with E-state index in [1.165, 1.54) is 0 Å². The van der Waals surface area contributed by atoms with Crippen LogP contribution in [-0.4, -0.2) is 29.8 Å². The third-order valence-corrected chi connectivity index (χ3v) is 4.13. The van der Waals surface area contributed by atoms with E-state index >= 15 is 0 Å². The number of carbonyl (C=O) groups is 2. The Balaban J connectivity index is 1.98. The number of hydrogen-bond donors (Lipinski definition) is 2. The summed E-state index contributed by atoms with van der Waals surface area (Å²) < 4.78 is 5.37. The number of hydrogen-bond acceptors (Lipinski definition) is 6. The normalized spacial score (nSPS) is 16.4. The molecule has 25 heavy (non-hydrogen) atoms. The number of ketones is 1. The maximum Gasteiger partial charge on any atom is 0.230 e. The number of nitrogens with two attached hydrogens (primary N) is 2. The first kappa shape index (κ1) is 16.8. The number of nitrogen functional groups attached to an aromatic ring is 1. The lowest BCUT2D eigenvalue weighted by molar-refractivity contribution is -0.120. The van der Waals surface area contributed by atoms with Crippen LogP contribution in [0, 0.1) is 5.92 Å². The van der Waals surface area contributed by atoms with E-state index in [0.717, 1.165) is 5.56 Å². The van der Waals surface area contributed by atoms with E-state index in [2.05, 4.69) is 4.98 Å². The van der Waals surface area contributed by atoms with Crippen LogP contribution in [0.25, 0.3) is 0 Å². The molecule has 1 aliphatic rings. The molecule has 1 amide bonds. The third-order valence-electron chi connectivity index (χ3n) is 4.13. The van der Waals surface area contributed by atoms with Crippen molar-refractivity contribution in [1.82, 2.24) is 4.98 Å². The Morgan fingerprint density at radius 2 is 2.00 bits per heavy atom. The average molecular weight is 340 g/mol. The third kappa shape index (κ3) is 3.40. The smallest absolute Gasteiger partial charge is 0.230 e. The molecule has 2 heterocycles. The average Bonchev–Trinajstić information content (AvgIpc) is 2.59. The molecule has 4 N–H and O–H groups in total. The largest absolute Gasteiger partial charge is 0.478 e. The van der Waals surface area contributed by atoms with Crippen molar-refractivity contribution in [2.45, 2.75) is 13.5 Å². The fourth-order valence-corrected chi connectivity index (χ4v) is 2.88. The van der Waals surface area contributed by atoms with Gasteiger partial charge in [-0.05, 0) is 30.7 Å². The highest BCUT2D eigenvalue weighted by Crippen LogP contribution is 2.31. The second kappa shape index (κ2) is 6.80. The quantitative estimate of drug-likeness (QED) is 0.628. The molecular formula is C18H20N4O3. The van der Waals surface area contributed by atoms with Crippen LogP contribution in [0.4, 0.5) is 11.4 Å². The maximum atomic E-state index is 12.6. The van der Waals surface area contributed by atoms with E-state index in [1.54, 1.807) is 12.1 Å². The molecule has 130 valence electrons. The molecule has 1 aliphatic heterocycles. The van der Waals surface area contributed by atoms with Crippen molar-refractivity contribution >= 4 is 23.1 Å². The van der Waals surface area contributed by atoms with Gasteiger partial charge in [-0.15, -0.1) is 0 Å². The van der Waals surface area contributed by atoms with Gasteiger partial charge in [0.25, 0.3) is 0 Å². The van der Waals surface area contributed by atoms with Gasteiger partial charge < -0.3 is 21.1 Å². The molecule has 0 bridgehead atoms. The van der Waals surface area contributed by atoms with E-state index in [1.807, 2.05) is 36.1 Å². The monoisotopic (exact) mass is 340 g/mol.